The molecule has 4 N–H and O–H groups in total. The van der Waals surface area contributed by atoms with E-state index in [1.807, 2.05) is 13.2 Å². The quantitative estimate of drug-likeness (QED) is 0.514. The van der Waals surface area contributed by atoms with Crippen molar-refractivity contribution in [2.45, 2.75) is 17.1 Å². The van der Waals surface area contributed by atoms with Gasteiger partial charge in [0.15, 0.2) is 0 Å². The minimum absolute atomic E-state index is 0.147. The van der Waals surface area contributed by atoms with Crippen molar-refractivity contribution >= 4 is 27.6 Å². The molecule has 1 unspecified atom stereocenters. The van der Waals surface area contributed by atoms with Gasteiger partial charge in [0.2, 0.25) is 10.0 Å². The zero-order valence-electron chi connectivity index (χ0n) is 9.67. The first-order valence-corrected chi connectivity index (χ1v) is 7.72. The van der Waals surface area contributed by atoms with E-state index in [9.17, 15) is 8.42 Å². The molecule has 1 heterocycles. The number of thioether (sulfide) groups is 1. The number of anilines is 1. The Morgan fingerprint density at radius 1 is 1.59 bits per heavy atom. The van der Waals surface area contributed by atoms with Gasteiger partial charge in [0, 0.05) is 24.1 Å². The maximum atomic E-state index is 11.9. The number of hydrazine groups is 1. The van der Waals surface area contributed by atoms with E-state index in [-0.39, 0.29) is 10.1 Å². The Labute approximate surface area is 105 Å². The first kappa shape index (κ1) is 14.2. The van der Waals surface area contributed by atoms with Crippen molar-refractivity contribution < 1.29 is 8.42 Å². The van der Waals surface area contributed by atoms with Crippen molar-refractivity contribution in [3.8, 4) is 0 Å². The van der Waals surface area contributed by atoms with Gasteiger partial charge >= 0.3 is 0 Å². The lowest BCUT2D eigenvalue weighted by molar-refractivity contribution is 0.581. The maximum Gasteiger partial charge on any atom is 0.240 e. The highest BCUT2D eigenvalue weighted by atomic mass is 32.2. The van der Waals surface area contributed by atoms with Gasteiger partial charge in [0.05, 0.1) is 4.90 Å². The molecule has 1 rings (SSSR count). The van der Waals surface area contributed by atoms with Crippen molar-refractivity contribution in [3.63, 3.8) is 0 Å². The Balaban J connectivity index is 2.82. The van der Waals surface area contributed by atoms with Crippen LogP contribution in [0.3, 0.4) is 0 Å². The number of hydrogen-bond donors (Lipinski definition) is 3. The summed E-state index contributed by atoms with van der Waals surface area (Å²) in [7, 11) is -3.50. The van der Waals surface area contributed by atoms with Crippen LogP contribution in [0.25, 0.3) is 0 Å². The first-order chi connectivity index (χ1) is 7.99. The lowest BCUT2D eigenvalue weighted by Crippen LogP contribution is -2.29. The third-order valence-corrected chi connectivity index (χ3v) is 4.55. The molecule has 1 atom stereocenters. The van der Waals surface area contributed by atoms with E-state index < -0.39 is 10.0 Å². The Kier molecular flexibility index (Phi) is 5.19. The molecule has 96 valence electrons. The van der Waals surface area contributed by atoms with Gasteiger partial charge in [-0.25, -0.2) is 24.0 Å². The van der Waals surface area contributed by atoms with Crippen LogP contribution in [0.4, 0.5) is 5.82 Å². The molecular formula is C9H16N4O2S2. The summed E-state index contributed by atoms with van der Waals surface area (Å²) in [5.74, 6) is 5.49. The van der Waals surface area contributed by atoms with Crippen LogP contribution in [0, 0.1) is 0 Å². The van der Waals surface area contributed by atoms with Gasteiger partial charge in [0.1, 0.15) is 5.82 Å². The van der Waals surface area contributed by atoms with Crippen LogP contribution >= 0.6 is 11.8 Å². The third kappa shape index (κ3) is 4.15. The zero-order chi connectivity index (χ0) is 12.9. The van der Waals surface area contributed by atoms with Crippen molar-refractivity contribution in [1.82, 2.24) is 9.71 Å². The van der Waals surface area contributed by atoms with Gasteiger partial charge in [-0.15, -0.1) is 0 Å². The molecular weight excluding hydrogens is 260 g/mol. The molecule has 8 heteroatoms. The average Bonchev–Trinajstić information content (AvgIpc) is 2.36. The van der Waals surface area contributed by atoms with Gasteiger partial charge in [-0.3, -0.25) is 0 Å². The van der Waals surface area contributed by atoms with E-state index in [1.165, 1.54) is 18.3 Å². The predicted molar refractivity (Wildman–Crippen MR) is 70.2 cm³/mol. The molecule has 1 aromatic heterocycles. The Morgan fingerprint density at radius 3 is 2.88 bits per heavy atom. The number of nitrogens with two attached hydrogens (primary N) is 1. The van der Waals surface area contributed by atoms with Crippen LogP contribution in [-0.4, -0.2) is 31.5 Å². The summed E-state index contributed by atoms with van der Waals surface area (Å²) in [6.45, 7) is 2.34. The number of pyridine rings is 1. The van der Waals surface area contributed by atoms with Gasteiger partial charge in [-0.1, -0.05) is 6.92 Å². The van der Waals surface area contributed by atoms with Gasteiger partial charge in [-0.2, -0.15) is 11.8 Å². The van der Waals surface area contributed by atoms with Gasteiger partial charge in [-0.05, 0) is 12.3 Å². The van der Waals surface area contributed by atoms with E-state index in [0.717, 1.165) is 0 Å². The molecule has 0 amide bonds. The summed E-state index contributed by atoms with van der Waals surface area (Å²) in [5, 5.41) is 0.221. The maximum absolute atomic E-state index is 11.9. The van der Waals surface area contributed by atoms with Gasteiger partial charge in [0.25, 0.3) is 0 Å². The van der Waals surface area contributed by atoms with Gasteiger partial charge < -0.3 is 5.43 Å². The summed E-state index contributed by atoms with van der Waals surface area (Å²) in [6, 6.07) is 2.80. The smallest absolute Gasteiger partial charge is 0.240 e. The van der Waals surface area contributed by atoms with E-state index in [0.29, 0.717) is 12.4 Å². The van der Waals surface area contributed by atoms with Crippen molar-refractivity contribution in [3.05, 3.63) is 18.3 Å². The van der Waals surface area contributed by atoms with E-state index in [1.54, 1.807) is 11.8 Å². The summed E-state index contributed by atoms with van der Waals surface area (Å²) in [4.78, 5) is 4.00. The van der Waals surface area contributed by atoms with Crippen molar-refractivity contribution in [1.29, 1.82) is 0 Å². The largest absolute Gasteiger partial charge is 0.308 e. The number of rotatable bonds is 6. The van der Waals surface area contributed by atoms with Crippen LogP contribution < -0.4 is 16.0 Å². The molecule has 0 saturated carbocycles. The Bertz CT molecular complexity index is 464. The van der Waals surface area contributed by atoms with Crippen LogP contribution in [0.1, 0.15) is 6.92 Å². The molecule has 1 aromatic rings. The summed E-state index contributed by atoms with van der Waals surface area (Å²) < 4.78 is 26.3. The summed E-state index contributed by atoms with van der Waals surface area (Å²) in [5.41, 5.74) is 2.31. The molecule has 0 saturated heterocycles. The lowest BCUT2D eigenvalue weighted by Gasteiger charge is -2.11. The minimum Gasteiger partial charge on any atom is -0.308 e. The number of nitrogens with zero attached hydrogens (tertiary/aromatic N) is 1. The fourth-order valence-electron chi connectivity index (χ4n) is 1.05. The second-order valence-electron chi connectivity index (χ2n) is 3.42. The number of sulfonamides is 1. The molecule has 0 aliphatic carbocycles. The predicted octanol–water partition coefficient (Wildman–Crippen LogP) is 0.397. The molecule has 0 aliphatic rings. The van der Waals surface area contributed by atoms with E-state index in [2.05, 4.69) is 15.1 Å². The van der Waals surface area contributed by atoms with Crippen LogP contribution in [0.15, 0.2) is 23.2 Å². The van der Waals surface area contributed by atoms with E-state index >= 15 is 0 Å². The Morgan fingerprint density at radius 2 is 2.29 bits per heavy atom. The van der Waals surface area contributed by atoms with Crippen molar-refractivity contribution in [2.75, 3.05) is 18.2 Å². The second-order valence-corrected chi connectivity index (χ2v) is 6.46. The fraction of sp³-hybridized carbons (Fsp3) is 0.444. The molecule has 0 fully saturated rings. The van der Waals surface area contributed by atoms with Crippen molar-refractivity contribution in [2.24, 2.45) is 5.84 Å². The summed E-state index contributed by atoms with van der Waals surface area (Å²) in [6.07, 6.45) is 3.32. The normalized spacial score (nSPS) is 13.4. The highest BCUT2D eigenvalue weighted by molar-refractivity contribution is 7.99. The molecule has 17 heavy (non-hydrogen) atoms. The number of aromatic nitrogens is 1. The molecule has 0 spiro atoms. The SMILES string of the molecule is CSC(C)CNS(=O)(=O)c1ccnc(NN)c1. The zero-order valence-corrected chi connectivity index (χ0v) is 11.3. The fourth-order valence-corrected chi connectivity index (χ4v) is 2.55. The van der Waals surface area contributed by atoms with E-state index in [4.69, 9.17) is 5.84 Å². The molecule has 0 bridgehead atoms. The van der Waals surface area contributed by atoms with Crippen LogP contribution in [-0.2, 0) is 10.0 Å². The third-order valence-electron chi connectivity index (χ3n) is 2.15. The second kappa shape index (κ2) is 6.20. The number of nitrogens with one attached hydrogen (secondary N) is 2. The van der Waals surface area contributed by atoms with Crippen LogP contribution in [0.5, 0.6) is 0 Å². The minimum atomic E-state index is -3.50. The number of nitrogen functional groups attached to an aromatic ring is 1. The lowest BCUT2D eigenvalue weighted by atomic mass is 10.5. The van der Waals surface area contributed by atoms with Crippen LogP contribution in [0.2, 0.25) is 0 Å². The topological polar surface area (TPSA) is 97.1 Å². The summed E-state index contributed by atoms with van der Waals surface area (Å²) >= 11 is 1.60. The molecule has 0 aliphatic heterocycles. The first-order valence-electron chi connectivity index (χ1n) is 4.94. The Hall–Kier alpha value is -0.830. The number of hydrogen-bond acceptors (Lipinski definition) is 6. The standard InChI is InChI=1S/C9H16N4O2S2/c1-7(16-2)6-12-17(14,15)8-3-4-11-9(5-8)13-10/h3-5,7,12H,6,10H2,1-2H3,(H,11,13). The average molecular weight is 276 g/mol. The monoisotopic (exact) mass is 276 g/mol. The molecule has 6 nitrogen and oxygen atoms in total. The molecule has 0 aromatic carbocycles. The molecule has 0 radical (unpaired) electrons. The highest BCUT2D eigenvalue weighted by Gasteiger charge is 2.15. The highest BCUT2D eigenvalue weighted by Crippen LogP contribution is 2.12.